The van der Waals surface area contributed by atoms with Gasteiger partial charge in [-0.3, -0.25) is 10.1 Å². The van der Waals surface area contributed by atoms with E-state index in [1.54, 1.807) is 0 Å². The zero-order chi connectivity index (χ0) is 13.3. The zero-order valence-corrected chi connectivity index (χ0v) is 11.8. The van der Waals surface area contributed by atoms with E-state index in [1.165, 1.54) is 0 Å². The molecule has 17 heavy (non-hydrogen) atoms. The molecular weight excluding hydrogens is 214 g/mol. The van der Waals surface area contributed by atoms with Crippen LogP contribution in [0.25, 0.3) is 0 Å². The maximum Gasteiger partial charge on any atom is 0.324 e. The summed E-state index contributed by atoms with van der Waals surface area (Å²) in [5.41, 5.74) is -0.444. The Labute approximate surface area is 105 Å². The Morgan fingerprint density at radius 2 is 2.06 bits per heavy atom. The van der Waals surface area contributed by atoms with Crippen molar-refractivity contribution in [2.24, 2.45) is 11.3 Å². The van der Waals surface area contributed by atoms with Crippen LogP contribution in [0.1, 0.15) is 60.3 Å². The van der Waals surface area contributed by atoms with Crippen molar-refractivity contribution in [1.82, 2.24) is 5.32 Å². The number of rotatable bonds is 4. The number of hydrogen-bond donors (Lipinski definition) is 2. The smallest absolute Gasteiger partial charge is 0.324 e. The van der Waals surface area contributed by atoms with E-state index in [4.69, 9.17) is 0 Å². The first-order valence-corrected chi connectivity index (χ1v) is 6.74. The number of nitrogens with one attached hydrogen (secondary N) is 1. The molecule has 0 spiro atoms. The van der Waals surface area contributed by atoms with Crippen molar-refractivity contribution in [2.75, 3.05) is 0 Å². The highest BCUT2D eigenvalue weighted by Crippen LogP contribution is 2.44. The number of hydrogen-bond acceptors (Lipinski definition) is 2. The van der Waals surface area contributed by atoms with Crippen LogP contribution in [0.2, 0.25) is 0 Å². The Morgan fingerprint density at radius 1 is 1.47 bits per heavy atom. The molecule has 0 aromatic heterocycles. The quantitative estimate of drug-likeness (QED) is 0.795. The standard InChI is InChI=1S/C14H27NO2/c1-6-11(3)15-14(12(16)17)8-7-13(4,5)9-10(14)2/h10-11,15H,6-9H2,1-5H3,(H,16,17). The predicted octanol–water partition coefficient (Wildman–Crippen LogP) is 3.04. The van der Waals surface area contributed by atoms with E-state index < -0.39 is 11.5 Å². The molecule has 1 aliphatic carbocycles. The van der Waals surface area contributed by atoms with Gasteiger partial charge in [-0.05, 0) is 43.9 Å². The van der Waals surface area contributed by atoms with Crippen LogP contribution in [-0.4, -0.2) is 22.7 Å². The molecule has 0 aliphatic heterocycles. The Morgan fingerprint density at radius 3 is 2.47 bits per heavy atom. The van der Waals surface area contributed by atoms with Gasteiger partial charge in [-0.15, -0.1) is 0 Å². The molecule has 0 aromatic rings. The van der Waals surface area contributed by atoms with Gasteiger partial charge in [0.25, 0.3) is 0 Å². The average Bonchev–Trinajstić information content (AvgIpc) is 2.21. The molecule has 3 heteroatoms. The lowest BCUT2D eigenvalue weighted by Gasteiger charge is -2.47. The SMILES string of the molecule is CCC(C)NC1(C(=O)O)CCC(C)(C)CC1C. The normalized spacial score (nSPS) is 34.3. The number of carboxylic acid groups (broad SMARTS) is 1. The molecule has 3 unspecified atom stereocenters. The van der Waals surface area contributed by atoms with Crippen molar-refractivity contribution in [3.05, 3.63) is 0 Å². The van der Waals surface area contributed by atoms with Gasteiger partial charge in [-0.25, -0.2) is 0 Å². The van der Waals surface area contributed by atoms with E-state index >= 15 is 0 Å². The number of aliphatic carboxylic acids is 1. The molecule has 1 aliphatic rings. The van der Waals surface area contributed by atoms with Crippen molar-refractivity contribution in [3.63, 3.8) is 0 Å². The summed E-state index contributed by atoms with van der Waals surface area (Å²) in [4.78, 5) is 11.7. The van der Waals surface area contributed by atoms with Crippen LogP contribution >= 0.6 is 0 Å². The molecule has 100 valence electrons. The lowest BCUT2D eigenvalue weighted by molar-refractivity contribution is -0.151. The van der Waals surface area contributed by atoms with Gasteiger partial charge in [0.2, 0.25) is 0 Å². The molecule has 1 rings (SSSR count). The Bertz CT molecular complexity index is 288. The van der Waals surface area contributed by atoms with Crippen molar-refractivity contribution in [2.45, 2.75) is 71.9 Å². The largest absolute Gasteiger partial charge is 0.480 e. The number of carboxylic acids is 1. The molecule has 3 atom stereocenters. The van der Waals surface area contributed by atoms with Gasteiger partial charge < -0.3 is 5.11 Å². The first kappa shape index (κ1) is 14.5. The second-order valence-corrected chi connectivity index (χ2v) is 6.50. The summed E-state index contributed by atoms with van der Waals surface area (Å²) in [7, 11) is 0. The van der Waals surface area contributed by atoms with Gasteiger partial charge in [0, 0.05) is 6.04 Å². The molecule has 0 amide bonds. The molecule has 0 radical (unpaired) electrons. The molecule has 1 fully saturated rings. The maximum absolute atomic E-state index is 11.7. The minimum atomic E-state index is -0.717. The first-order valence-electron chi connectivity index (χ1n) is 6.74. The average molecular weight is 241 g/mol. The van der Waals surface area contributed by atoms with Crippen LogP contribution < -0.4 is 5.32 Å². The topological polar surface area (TPSA) is 49.3 Å². The summed E-state index contributed by atoms with van der Waals surface area (Å²) >= 11 is 0. The van der Waals surface area contributed by atoms with E-state index in [9.17, 15) is 9.90 Å². The summed E-state index contributed by atoms with van der Waals surface area (Å²) in [6.07, 6.45) is 3.65. The van der Waals surface area contributed by atoms with E-state index in [0.717, 1.165) is 25.7 Å². The highest BCUT2D eigenvalue weighted by Gasteiger charge is 2.49. The van der Waals surface area contributed by atoms with Crippen LogP contribution in [0.15, 0.2) is 0 Å². The Hall–Kier alpha value is -0.570. The summed E-state index contributed by atoms with van der Waals surface area (Å²) in [6, 6.07) is 0.259. The van der Waals surface area contributed by atoms with Crippen LogP contribution in [-0.2, 0) is 4.79 Å². The van der Waals surface area contributed by atoms with Gasteiger partial charge in [0.15, 0.2) is 0 Å². The monoisotopic (exact) mass is 241 g/mol. The minimum Gasteiger partial charge on any atom is -0.480 e. The van der Waals surface area contributed by atoms with Crippen LogP contribution in [0, 0.1) is 11.3 Å². The fourth-order valence-electron chi connectivity index (χ4n) is 3.02. The van der Waals surface area contributed by atoms with E-state index in [1.807, 2.05) is 0 Å². The molecule has 0 bridgehead atoms. The van der Waals surface area contributed by atoms with E-state index in [-0.39, 0.29) is 17.4 Å². The fraction of sp³-hybridized carbons (Fsp3) is 0.929. The predicted molar refractivity (Wildman–Crippen MR) is 70.1 cm³/mol. The Balaban J connectivity index is 2.90. The molecule has 2 N–H and O–H groups in total. The van der Waals surface area contributed by atoms with Gasteiger partial charge in [-0.2, -0.15) is 0 Å². The Kier molecular flexibility index (Phi) is 4.23. The van der Waals surface area contributed by atoms with Gasteiger partial charge in [-0.1, -0.05) is 27.7 Å². The molecule has 3 nitrogen and oxygen atoms in total. The van der Waals surface area contributed by atoms with Gasteiger partial charge in [0.05, 0.1) is 0 Å². The third kappa shape index (κ3) is 3.01. The molecule has 0 aromatic carbocycles. The summed E-state index contributed by atoms with van der Waals surface area (Å²) < 4.78 is 0. The molecule has 0 saturated heterocycles. The van der Waals surface area contributed by atoms with Gasteiger partial charge >= 0.3 is 5.97 Å². The molecular formula is C14H27NO2. The second-order valence-electron chi connectivity index (χ2n) is 6.50. The van der Waals surface area contributed by atoms with Crippen molar-refractivity contribution in [1.29, 1.82) is 0 Å². The van der Waals surface area contributed by atoms with Crippen LogP contribution in [0.5, 0.6) is 0 Å². The van der Waals surface area contributed by atoms with Gasteiger partial charge in [0.1, 0.15) is 5.54 Å². The highest BCUT2D eigenvalue weighted by atomic mass is 16.4. The van der Waals surface area contributed by atoms with E-state index in [0.29, 0.717) is 0 Å². The summed E-state index contributed by atoms with van der Waals surface area (Å²) in [6.45, 7) is 10.7. The lowest BCUT2D eigenvalue weighted by atomic mass is 9.63. The van der Waals surface area contributed by atoms with Crippen LogP contribution in [0.4, 0.5) is 0 Å². The maximum atomic E-state index is 11.7. The van der Waals surface area contributed by atoms with E-state index in [2.05, 4.69) is 39.9 Å². The van der Waals surface area contributed by atoms with Crippen LogP contribution in [0.3, 0.4) is 0 Å². The van der Waals surface area contributed by atoms with Crippen molar-refractivity contribution >= 4 is 5.97 Å². The lowest BCUT2D eigenvalue weighted by Crippen LogP contribution is -2.62. The fourth-order valence-corrected chi connectivity index (χ4v) is 3.02. The van der Waals surface area contributed by atoms with Crippen molar-refractivity contribution in [3.8, 4) is 0 Å². The summed E-state index contributed by atoms with van der Waals surface area (Å²) in [5.74, 6) is -0.501. The highest BCUT2D eigenvalue weighted by molar-refractivity contribution is 5.79. The molecule has 0 heterocycles. The third-order valence-electron chi connectivity index (χ3n) is 4.39. The molecule has 1 saturated carbocycles. The second kappa shape index (κ2) is 4.97. The van der Waals surface area contributed by atoms with Crippen molar-refractivity contribution < 1.29 is 9.90 Å². The summed E-state index contributed by atoms with van der Waals surface area (Å²) in [5, 5.41) is 13.0. The third-order valence-corrected chi connectivity index (χ3v) is 4.39. The number of carbonyl (C=O) groups is 1. The minimum absolute atomic E-state index is 0.178. The zero-order valence-electron chi connectivity index (χ0n) is 11.8. The first-order chi connectivity index (χ1) is 7.73.